The zero-order valence-electron chi connectivity index (χ0n) is 9.24. The van der Waals surface area contributed by atoms with Crippen molar-refractivity contribution < 1.29 is 4.74 Å². The summed E-state index contributed by atoms with van der Waals surface area (Å²) in [4.78, 5) is 6.72. The normalized spacial score (nSPS) is 9.47. The van der Waals surface area contributed by atoms with Crippen molar-refractivity contribution in [2.75, 3.05) is 7.11 Å². The first kappa shape index (κ1) is 11.0. The molecule has 0 aliphatic heterocycles. The van der Waals surface area contributed by atoms with Gasteiger partial charge in [-0.15, -0.1) is 0 Å². The van der Waals surface area contributed by atoms with E-state index in [9.17, 15) is 0 Å². The first-order valence-electron chi connectivity index (χ1n) is 4.98. The number of azide groups is 1. The third-order valence-corrected chi connectivity index (χ3v) is 2.35. The average Bonchev–Trinajstić information content (AvgIpc) is 2.40. The van der Waals surface area contributed by atoms with Crippen LogP contribution in [-0.4, -0.2) is 12.1 Å². The van der Waals surface area contributed by atoms with Gasteiger partial charge in [-0.05, 0) is 34.9 Å². The van der Waals surface area contributed by atoms with Crippen molar-refractivity contribution in [1.29, 1.82) is 0 Å². The van der Waals surface area contributed by atoms with Gasteiger partial charge < -0.3 is 4.74 Å². The lowest BCUT2D eigenvalue weighted by atomic mass is 10.1. The van der Waals surface area contributed by atoms with E-state index in [0.29, 0.717) is 5.69 Å². The lowest BCUT2D eigenvalue weighted by molar-refractivity contribution is 0.415. The highest BCUT2D eigenvalue weighted by Gasteiger charge is 2.03. The van der Waals surface area contributed by atoms with E-state index in [0.717, 1.165) is 16.9 Å². The van der Waals surface area contributed by atoms with Crippen LogP contribution in [0.5, 0.6) is 5.75 Å². The second kappa shape index (κ2) is 5.01. The second-order valence-corrected chi connectivity index (χ2v) is 3.31. The maximum atomic E-state index is 8.48. The summed E-state index contributed by atoms with van der Waals surface area (Å²) in [5.41, 5.74) is 10.8. The van der Waals surface area contributed by atoms with Crippen molar-refractivity contribution >= 4 is 5.69 Å². The Morgan fingerprint density at radius 3 is 2.65 bits per heavy atom. The molecule has 0 amide bonds. The summed E-state index contributed by atoms with van der Waals surface area (Å²) in [5, 5.41) is 3.61. The van der Waals surface area contributed by atoms with Crippen LogP contribution in [0.1, 0.15) is 0 Å². The van der Waals surface area contributed by atoms with E-state index in [1.54, 1.807) is 19.5 Å². The number of nitrogens with zero attached hydrogens (tertiary/aromatic N) is 4. The van der Waals surface area contributed by atoms with Gasteiger partial charge in [-0.1, -0.05) is 17.2 Å². The molecule has 0 spiro atoms. The van der Waals surface area contributed by atoms with Crippen LogP contribution < -0.4 is 4.74 Å². The van der Waals surface area contributed by atoms with E-state index in [2.05, 4.69) is 15.0 Å². The van der Waals surface area contributed by atoms with Gasteiger partial charge in [-0.2, -0.15) is 0 Å². The average molecular weight is 226 g/mol. The van der Waals surface area contributed by atoms with Gasteiger partial charge >= 0.3 is 0 Å². The molecule has 5 heteroatoms. The van der Waals surface area contributed by atoms with Crippen LogP contribution in [0.2, 0.25) is 0 Å². The van der Waals surface area contributed by atoms with Gasteiger partial charge in [0, 0.05) is 17.3 Å². The number of methoxy groups -OCH3 is 1. The smallest absolute Gasteiger partial charge is 0.118 e. The maximum Gasteiger partial charge on any atom is 0.118 e. The van der Waals surface area contributed by atoms with Crippen molar-refractivity contribution in [3.05, 3.63) is 53.2 Å². The van der Waals surface area contributed by atoms with Crippen molar-refractivity contribution in [3.8, 4) is 16.9 Å². The number of aromatic nitrogens is 1. The molecule has 0 atom stereocenters. The molecule has 0 N–H and O–H groups in total. The van der Waals surface area contributed by atoms with Gasteiger partial charge in [0.15, 0.2) is 0 Å². The Bertz CT molecular complexity index is 559. The Labute approximate surface area is 98.3 Å². The lowest BCUT2D eigenvalue weighted by Crippen LogP contribution is -1.83. The van der Waals surface area contributed by atoms with Gasteiger partial charge in [0.2, 0.25) is 0 Å². The highest BCUT2D eigenvalue weighted by molar-refractivity contribution is 5.75. The molecule has 17 heavy (non-hydrogen) atoms. The fourth-order valence-electron chi connectivity index (χ4n) is 1.53. The SMILES string of the molecule is COc1ccc(-c2ccncc2N=[N+]=[N-])cc1. The zero-order valence-corrected chi connectivity index (χ0v) is 9.24. The summed E-state index contributed by atoms with van der Waals surface area (Å²) in [6.07, 6.45) is 3.20. The Balaban J connectivity index is 2.48. The third-order valence-electron chi connectivity index (χ3n) is 2.35. The van der Waals surface area contributed by atoms with Crippen LogP contribution >= 0.6 is 0 Å². The molecule has 0 unspecified atom stereocenters. The van der Waals surface area contributed by atoms with E-state index in [4.69, 9.17) is 10.3 Å². The number of ether oxygens (including phenoxy) is 1. The number of pyridine rings is 1. The molecule has 0 aliphatic rings. The van der Waals surface area contributed by atoms with Gasteiger partial charge in [-0.3, -0.25) is 4.98 Å². The molecule has 2 aromatic rings. The van der Waals surface area contributed by atoms with Crippen molar-refractivity contribution in [2.45, 2.75) is 0 Å². The van der Waals surface area contributed by atoms with E-state index in [1.165, 1.54) is 0 Å². The van der Waals surface area contributed by atoms with Crippen molar-refractivity contribution in [1.82, 2.24) is 4.98 Å². The van der Waals surface area contributed by atoms with Gasteiger partial charge in [-0.25, -0.2) is 0 Å². The molecule has 1 heterocycles. The van der Waals surface area contributed by atoms with Crippen molar-refractivity contribution in [2.24, 2.45) is 5.11 Å². The van der Waals surface area contributed by atoms with Gasteiger partial charge in [0.25, 0.3) is 0 Å². The summed E-state index contributed by atoms with van der Waals surface area (Å²) >= 11 is 0. The molecular formula is C12H10N4O. The first-order chi connectivity index (χ1) is 8.35. The molecule has 0 aliphatic carbocycles. The second-order valence-electron chi connectivity index (χ2n) is 3.31. The van der Waals surface area contributed by atoms with Crippen LogP contribution in [0.15, 0.2) is 47.8 Å². The largest absolute Gasteiger partial charge is 0.497 e. The van der Waals surface area contributed by atoms with Crippen molar-refractivity contribution in [3.63, 3.8) is 0 Å². The molecule has 2 rings (SSSR count). The molecule has 0 fully saturated rings. The van der Waals surface area contributed by atoms with E-state index < -0.39 is 0 Å². The highest BCUT2D eigenvalue weighted by Crippen LogP contribution is 2.30. The van der Waals surface area contributed by atoms with E-state index in [1.807, 2.05) is 30.3 Å². The fraction of sp³-hybridized carbons (Fsp3) is 0.0833. The Morgan fingerprint density at radius 1 is 1.24 bits per heavy atom. The molecule has 1 aromatic carbocycles. The Hall–Kier alpha value is -2.52. The molecule has 0 saturated carbocycles. The minimum Gasteiger partial charge on any atom is -0.497 e. The Morgan fingerprint density at radius 2 is 2.00 bits per heavy atom. The summed E-state index contributed by atoms with van der Waals surface area (Å²) in [5.74, 6) is 0.785. The molecule has 0 radical (unpaired) electrons. The number of benzene rings is 1. The quantitative estimate of drug-likeness (QED) is 0.454. The van der Waals surface area contributed by atoms with Crippen LogP contribution in [0, 0.1) is 0 Å². The summed E-state index contributed by atoms with van der Waals surface area (Å²) in [6.45, 7) is 0. The van der Waals surface area contributed by atoms with Gasteiger partial charge in [0.1, 0.15) is 5.75 Å². The lowest BCUT2D eigenvalue weighted by Gasteiger charge is -2.05. The molecule has 0 bridgehead atoms. The standard InChI is InChI=1S/C12H10N4O/c1-17-10-4-2-9(3-5-10)11-6-7-14-8-12(11)15-16-13/h2-8H,1H3. The predicted molar refractivity (Wildman–Crippen MR) is 65.0 cm³/mol. The monoisotopic (exact) mass is 226 g/mol. The highest BCUT2D eigenvalue weighted by atomic mass is 16.5. The molecule has 84 valence electrons. The van der Waals surface area contributed by atoms with Crippen LogP contribution in [0.4, 0.5) is 5.69 Å². The summed E-state index contributed by atoms with van der Waals surface area (Å²) in [6, 6.07) is 9.34. The van der Waals surface area contributed by atoms with Crippen LogP contribution in [0.25, 0.3) is 21.6 Å². The number of hydrogen-bond donors (Lipinski definition) is 0. The molecule has 0 saturated heterocycles. The molecule has 5 nitrogen and oxygen atoms in total. The van der Waals surface area contributed by atoms with Crippen LogP contribution in [0.3, 0.4) is 0 Å². The minimum absolute atomic E-state index is 0.514. The minimum atomic E-state index is 0.514. The fourth-order valence-corrected chi connectivity index (χ4v) is 1.53. The first-order valence-corrected chi connectivity index (χ1v) is 4.98. The topological polar surface area (TPSA) is 70.9 Å². The van der Waals surface area contributed by atoms with Gasteiger partial charge in [0.05, 0.1) is 12.8 Å². The third kappa shape index (κ3) is 2.35. The van der Waals surface area contributed by atoms with E-state index in [-0.39, 0.29) is 0 Å². The number of hydrogen-bond acceptors (Lipinski definition) is 3. The predicted octanol–water partition coefficient (Wildman–Crippen LogP) is 3.70. The Kier molecular flexibility index (Phi) is 3.23. The molecular weight excluding hydrogens is 216 g/mol. The zero-order chi connectivity index (χ0) is 12.1. The maximum absolute atomic E-state index is 8.48. The number of rotatable bonds is 3. The molecule has 1 aromatic heterocycles. The summed E-state index contributed by atoms with van der Waals surface area (Å²) < 4.78 is 5.09. The van der Waals surface area contributed by atoms with E-state index >= 15 is 0 Å². The van der Waals surface area contributed by atoms with Crippen LogP contribution in [-0.2, 0) is 0 Å². The summed E-state index contributed by atoms with van der Waals surface area (Å²) in [7, 11) is 1.62.